The molecule has 0 spiro atoms. The number of morpholine rings is 2. The van der Waals surface area contributed by atoms with Crippen LogP contribution in [0.2, 0.25) is 0 Å². The minimum absolute atomic E-state index is 0. The molecule has 2 aromatic carbocycles. The van der Waals surface area contributed by atoms with Gasteiger partial charge >= 0.3 is 18.2 Å². The topological polar surface area (TPSA) is 247 Å². The number of nitrogens with zero attached hydrogens (tertiary/aromatic N) is 9. The normalized spacial score (nSPS) is 16.0. The van der Waals surface area contributed by atoms with E-state index >= 15 is 0 Å². The first-order valence-corrected chi connectivity index (χ1v) is 26.6. The van der Waals surface area contributed by atoms with Crippen LogP contribution in [0.1, 0.15) is 34.5 Å². The molecule has 81 heavy (non-hydrogen) atoms. The number of rotatable bonds is 15. The Bertz CT molecular complexity index is 2670. The maximum Gasteiger partial charge on any atom is 0.414 e. The van der Waals surface area contributed by atoms with Crippen molar-refractivity contribution in [3.8, 4) is 0 Å². The van der Waals surface area contributed by atoms with Gasteiger partial charge in [-0.25, -0.2) is 33.1 Å². The molecule has 27 heteroatoms. The predicted octanol–water partition coefficient (Wildman–Crippen LogP) is 8.06. The number of hydrogen-bond donors (Lipinski definition) is 3. The number of benzene rings is 2. The Labute approximate surface area is 486 Å². The van der Waals surface area contributed by atoms with E-state index in [-0.39, 0.29) is 66.7 Å². The van der Waals surface area contributed by atoms with Crippen molar-refractivity contribution in [2.24, 2.45) is 15.7 Å². The molecule has 7 heterocycles. The minimum Gasteiger partial charge on any atom is -0.475 e. The van der Waals surface area contributed by atoms with Crippen molar-refractivity contribution in [1.82, 2.24) is 15.2 Å². The van der Waals surface area contributed by atoms with E-state index in [1.807, 2.05) is 47.9 Å². The van der Waals surface area contributed by atoms with Crippen LogP contribution in [0, 0.1) is 11.6 Å². The highest BCUT2D eigenvalue weighted by atomic mass is 35.5. The molecule has 4 N–H and O–H groups in total. The molecule has 4 aliphatic rings. The maximum absolute atomic E-state index is 14.6. The number of carboxylic acid groups (broad SMARTS) is 1. The summed E-state index contributed by atoms with van der Waals surface area (Å²) < 4.78 is 59.3. The van der Waals surface area contributed by atoms with Gasteiger partial charge in [0.15, 0.2) is 5.76 Å². The molecule has 3 aromatic heterocycles. The number of pyridine rings is 1. The summed E-state index contributed by atoms with van der Waals surface area (Å²) in [5, 5.41) is 11.0. The summed E-state index contributed by atoms with van der Waals surface area (Å²) in [5.74, 6) is -2.01. The number of carbonyl (C=O) groups is 4. The summed E-state index contributed by atoms with van der Waals surface area (Å²) in [6.45, 7) is 10.5. The predicted molar refractivity (Wildman–Crippen MR) is 311 cm³/mol. The molecule has 0 bridgehead atoms. The number of anilines is 5. The fourth-order valence-electron chi connectivity index (χ4n) is 7.52. The highest BCUT2D eigenvalue weighted by Crippen LogP contribution is 2.30. The second kappa shape index (κ2) is 37.8. The van der Waals surface area contributed by atoms with E-state index in [9.17, 15) is 28.0 Å². The number of ether oxygens (including phenoxy) is 4. The lowest BCUT2D eigenvalue weighted by molar-refractivity contribution is 0.0662. The number of carbonyl (C=O) groups excluding carboxylic acids is 3. The Kier molecular flexibility index (Phi) is 31.9. The van der Waals surface area contributed by atoms with Crippen LogP contribution in [0.25, 0.3) is 0 Å². The highest BCUT2D eigenvalue weighted by molar-refractivity contribution is 6.40. The van der Waals surface area contributed by atoms with Crippen LogP contribution in [-0.4, -0.2) is 189 Å². The van der Waals surface area contributed by atoms with Gasteiger partial charge < -0.3 is 63.5 Å². The maximum atomic E-state index is 14.6. The summed E-state index contributed by atoms with van der Waals surface area (Å²) in [7, 11) is 8.14. The van der Waals surface area contributed by atoms with Crippen molar-refractivity contribution >= 4 is 94.1 Å². The van der Waals surface area contributed by atoms with Crippen molar-refractivity contribution in [2.45, 2.75) is 25.6 Å². The number of nitrogens with one attached hydrogen (secondary N) is 1. The molecule has 0 aliphatic carbocycles. The van der Waals surface area contributed by atoms with Gasteiger partial charge in [0.1, 0.15) is 23.8 Å². The molecule has 0 saturated carbocycles. The lowest BCUT2D eigenvalue weighted by Crippen LogP contribution is -2.37. The van der Waals surface area contributed by atoms with E-state index in [0.717, 1.165) is 26.1 Å². The molecule has 0 radical (unpaired) electrons. The second-order valence-electron chi connectivity index (χ2n) is 17.7. The van der Waals surface area contributed by atoms with Gasteiger partial charge in [0.25, 0.3) is 5.91 Å². The SMILES string of the molecule is CCN=C=NCCCN(C)C.CN(C)c1ccncc1.Cl.ClCCl.NC[C@H]1CN(c2ccc(N3CCOCC3)c(F)c2)C(=O)O1.O=C(NC[C@H]1CN(c2ccc(N3CCOCC3)c(F)c2)C(=O)O1)c1ccco1.O=C(O)c1ccco1. The van der Waals surface area contributed by atoms with E-state index < -0.39 is 30.1 Å². The zero-order valence-corrected chi connectivity index (χ0v) is 48.3. The molecule has 4 aliphatic heterocycles. The number of halogens is 5. The number of cyclic esters (lactones) is 2. The third-order valence-corrected chi connectivity index (χ3v) is 11.5. The number of carboxylic acids is 1. The van der Waals surface area contributed by atoms with E-state index in [0.29, 0.717) is 81.9 Å². The molecule has 4 saturated heterocycles. The smallest absolute Gasteiger partial charge is 0.414 e. The first kappa shape index (κ1) is 68.3. The molecule has 4 fully saturated rings. The van der Waals surface area contributed by atoms with Crippen LogP contribution in [0.3, 0.4) is 0 Å². The third-order valence-electron chi connectivity index (χ3n) is 11.5. The van der Waals surface area contributed by atoms with Gasteiger partial charge in [-0.2, -0.15) is 0 Å². The Balaban J connectivity index is 0.000000285. The van der Waals surface area contributed by atoms with Gasteiger partial charge in [0, 0.05) is 71.4 Å². The summed E-state index contributed by atoms with van der Waals surface area (Å²) in [5.41, 5.74) is 8.60. The molecule has 2 atom stereocenters. The standard InChI is InChI=1S/C19H20FN3O5.C14H18FN3O3.C8H17N3.C7H10N2.C5H4O3.CH2Cl2.ClH/c20-15-10-13(3-4-16(15)22-5-8-26-9-6-22)23-12-14(28-19(23)25)11-21-18(24)17-2-1-7-27-17;15-12-7-10(18-9-11(8-16)21-14(18)19)1-2-13(12)17-3-5-20-6-4-17;1-4-9-8-10-6-5-7-11(2)3;1-9(2)7-3-5-8-6-4-7;6-5(7)4-2-1-3-8-4;2-1-3;/h1-4,7,10,14H,5-6,8-9,11-12H2,(H,21,24);1-2,7,11H,3-6,8-9,16H2;4-7H2,1-3H3;3-6H,1-2H3;1-3H,(H,6,7);1H2;1H/t14-;11-;;;;;/m00...../s1. The fraction of sp³-hybridized carbons (Fsp3) is 0.444. The largest absolute Gasteiger partial charge is 0.475 e. The number of nitrogens with two attached hydrogens (primary N) is 1. The van der Waals surface area contributed by atoms with Crippen molar-refractivity contribution in [3.63, 3.8) is 0 Å². The molecule has 9 rings (SSSR count). The molecule has 3 amide bonds. The number of amides is 3. The van der Waals surface area contributed by atoms with Gasteiger partial charge in [-0.15, -0.1) is 35.6 Å². The first-order chi connectivity index (χ1) is 38.6. The fourth-order valence-corrected chi connectivity index (χ4v) is 7.52. The van der Waals surface area contributed by atoms with Crippen LogP contribution >= 0.6 is 35.6 Å². The van der Waals surface area contributed by atoms with Gasteiger partial charge in [-0.3, -0.25) is 19.6 Å². The first-order valence-electron chi connectivity index (χ1n) is 25.5. The number of aromatic nitrogens is 1. The van der Waals surface area contributed by atoms with Crippen molar-refractivity contribution < 1.29 is 60.8 Å². The molecule has 5 aromatic rings. The average Bonchev–Trinajstić information content (AvgIpc) is 4.41. The summed E-state index contributed by atoms with van der Waals surface area (Å²) in [6, 6.07) is 22.1. The highest BCUT2D eigenvalue weighted by Gasteiger charge is 2.34. The number of aliphatic imine (C=N–C) groups is 2. The monoisotopic (exact) mass is 1190 g/mol. The Morgan fingerprint density at radius 3 is 1.67 bits per heavy atom. The molecule has 444 valence electrons. The second-order valence-corrected chi connectivity index (χ2v) is 18.5. The van der Waals surface area contributed by atoms with Crippen LogP contribution in [-0.2, 0) is 18.9 Å². The molecule has 22 nitrogen and oxygen atoms in total. The van der Waals surface area contributed by atoms with Gasteiger partial charge in [0.2, 0.25) is 5.76 Å². The number of hydrogen-bond acceptors (Lipinski definition) is 18. The van der Waals surface area contributed by atoms with Crippen LogP contribution in [0.4, 0.5) is 46.8 Å². The number of alkyl halides is 2. The van der Waals surface area contributed by atoms with E-state index in [1.165, 1.54) is 52.3 Å². The van der Waals surface area contributed by atoms with Crippen molar-refractivity contribution in [3.05, 3.63) is 121 Å². The quantitative estimate of drug-likeness (QED) is 0.0509. The van der Waals surface area contributed by atoms with E-state index in [1.54, 1.807) is 48.8 Å². The average molecular weight is 1200 g/mol. The van der Waals surface area contributed by atoms with Crippen molar-refractivity contribution in [2.75, 3.05) is 156 Å². The Hall–Kier alpha value is -7.02. The Morgan fingerprint density at radius 1 is 0.778 bits per heavy atom. The molecular formula is C54H72Cl3F2N11O11. The third kappa shape index (κ3) is 23.9. The zero-order valence-electron chi connectivity index (χ0n) is 46.0. The van der Waals surface area contributed by atoms with Gasteiger partial charge in [-0.05, 0) is 107 Å². The minimum atomic E-state index is -1.03. The van der Waals surface area contributed by atoms with Gasteiger partial charge in [-0.1, -0.05) is 0 Å². The molecular weight excluding hydrogens is 1120 g/mol. The van der Waals surface area contributed by atoms with E-state index in [4.69, 9.17) is 57.4 Å². The Morgan fingerprint density at radius 2 is 1.27 bits per heavy atom. The lowest BCUT2D eigenvalue weighted by Gasteiger charge is -2.29. The summed E-state index contributed by atoms with van der Waals surface area (Å²) >= 11 is 9.53. The van der Waals surface area contributed by atoms with E-state index in [2.05, 4.69) is 49.7 Å². The summed E-state index contributed by atoms with van der Waals surface area (Å²) in [4.78, 5) is 68.3. The number of aromatic carboxylic acids is 1. The summed E-state index contributed by atoms with van der Waals surface area (Å²) in [6.07, 6.45) is 5.46. The van der Waals surface area contributed by atoms with Gasteiger partial charge in [0.05, 0.1) is 99.2 Å². The molecule has 0 unspecified atom stereocenters. The lowest BCUT2D eigenvalue weighted by atomic mass is 10.2. The van der Waals surface area contributed by atoms with Crippen molar-refractivity contribution in [1.29, 1.82) is 0 Å². The van der Waals surface area contributed by atoms with Crippen LogP contribution in [0.15, 0.2) is 117 Å². The van der Waals surface area contributed by atoms with Crippen LogP contribution < -0.4 is 35.6 Å². The zero-order chi connectivity index (χ0) is 58.2. The number of furan rings is 2. The van der Waals surface area contributed by atoms with Crippen LogP contribution in [0.5, 0.6) is 0 Å².